The van der Waals surface area contributed by atoms with Gasteiger partial charge in [0.2, 0.25) is 5.91 Å². The smallest absolute Gasteiger partial charge is 0.390 e. The molecule has 0 saturated heterocycles. The van der Waals surface area contributed by atoms with Crippen LogP contribution in [0, 0.1) is 5.41 Å². The number of rotatable bonds is 10. The van der Waals surface area contributed by atoms with Crippen LogP contribution in [0.25, 0.3) is 0 Å². The molecule has 10 heteroatoms. The molecule has 9 nitrogen and oxygen atoms in total. The third-order valence-electron chi connectivity index (χ3n) is 3.24. The molecule has 0 fully saturated rings. The summed E-state index contributed by atoms with van der Waals surface area (Å²) >= 11 is 0. The van der Waals surface area contributed by atoms with Crippen molar-refractivity contribution in [1.82, 2.24) is 5.32 Å². The standard InChI is InChI=1S/C18H37N2O7P/c1-13(20-26-16(2,3)4)10-11-19-15(22)14(21)18(8,9)12-25-28(23,24)27-17(5,6)7/h14,21H,10-12H2,1-9H3,(H,19,22)(H,23,24)/b20-13+/t14-/m0/s1. The van der Waals surface area contributed by atoms with Crippen LogP contribution in [0.15, 0.2) is 5.16 Å². The number of hydrogen-bond acceptors (Lipinski definition) is 7. The maximum Gasteiger partial charge on any atom is 0.472 e. The number of carbonyl (C=O) groups is 1. The predicted molar refractivity (Wildman–Crippen MR) is 108 cm³/mol. The third-order valence-corrected chi connectivity index (χ3v) is 4.47. The minimum Gasteiger partial charge on any atom is -0.390 e. The predicted octanol–water partition coefficient (Wildman–Crippen LogP) is 3.00. The van der Waals surface area contributed by atoms with E-state index in [9.17, 15) is 19.4 Å². The molecule has 0 aromatic heterocycles. The highest BCUT2D eigenvalue weighted by molar-refractivity contribution is 7.47. The fourth-order valence-corrected chi connectivity index (χ4v) is 3.02. The van der Waals surface area contributed by atoms with E-state index in [-0.39, 0.29) is 13.2 Å². The van der Waals surface area contributed by atoms with Crippen molar-refractivity contribution in [2.45, 2.75) is 86.0 Å². The summed E-state index contributed by atoms with van der Waals surface area (Å²) in [5.74, 6) is -0.609. The van der Waals surface area contributed by atoms with Crippen molar-refractivity contribution in [3.8, 4) is 0 Å². The third kappa shape index (κ3) is 12.5. The lowest BCUT2D eigenvalue weighted by Crippen LogP contribution is -2.46. The first-order chi connectivity index (χ1) is 12.3. The van der Waals surface area contributed by atoms with Gasteiger partial charge in [-0.1, -0.05) is 19.0 Å². The van der Waals surface area contributed by atoms with Crippen molar-refractivity contribution in [2.75, 3.05) is 13.2 Å². The van der Waals surface area contributed by atoms with E-state index >= 15 is 0 Å². The average molecular weight is 424 g/mol. The van der Waals surface area contributed by atoms with Crippen molar-refractivity contribution >= 4 is 19.4 Å². The van der Waals surface area contributed by atoms with E-state index in [0.29, 0.717) is 12.1 Å². The Morgan fingerprint density at radius 1 is 1.11 bits per heavy atom. The van der Waals surface area contributed by atoms with Crippen LogP contribution in [0.4, 0.5) is 0 Å². The van der Waals surface area contributed by atoms with Crippen molar-refractivity contribution in [2.24, 2.45) is 10.6 Å². The average Bonchev–Trinajstić information content (AvgIpc) is 2.47. The first-order valence-corrected chi connectivity index (χ1v) is 10.7. The molecule has 0 radical (unpaired) electrons. The van der Waals surface area contributed by atoms with Gasteiger partial charge in [-0.15, -0.1) is 0 Å². The van der Waals surface area contributed by atoms with E-state index in [1.807, 2.05) is 20.8 Å². The maximum atomic E-state index is 12.2. The Morgan fingerprint density at radius 2 is 1.64 bits per heavy atom. The Balaban J connectivity index is 4.58. The number of amides is 1. The Hall–Kier alpha value is -0.990. The number of carbonyl (C=O) groups excluding carboxylic acids is 1. The van der Waals surface area contributed by atoms with Gasteiger partial charge in [0.15, 0.2) is 0 Å². The summed E-state index contributed by atoms with van der Waals surface area (Å²) in [6.45, 7) is 15.3. The molecule has 28 heavy (non-hydrogen) atoms. The largest absolute Gasteiger partial charge is 0.472 e. The molecule has 0 spiro atoms. The molecule has 1 unspecified atom stereocenters. The lowest BCUT2D eigenvalue weighted by atomic mass is 9.87. The number of aliphatic hydroxyl groups is 1. The van der Waals surface area contributed by atoms with Gasteiger partial charge in [-0.3, -0.25) is 13.8 Å². The van der Waals surface area contributed by atoms with Crippen molar-refractivity contribution in [3.63, 3.8) is 0 Å². The van der Waals surface area contributed by atoms with Gasteiger partial charge in [0.1, 0.15) is 11.7 Å². The topological polar surface area (TPSA) is 127 Å². The SMILES string of the molecule is C/C(CCNC(=O)[C@H](O)C(C)(C)COP(=O)(O)OC(C)(C)C)=N\OC(C)(C)C. The highest BCUT2D eigenvalue weighted by atomic mass is 31.2. The molecular formula is C18H37N2O7P. The molecule has 0 bridgehead atoms. The van der Waals surface area contributed by atoms with Gasteiger partial charge in [0, 0.05) is 18.4 Å². The number of oxime groups is 1. The summed E-state index contributed by atoms with van der Waals surface area (Å²) in [5, 5.41) is 16.9. The van der Waals surface area contributed by atoms with Gasteiger partial charge in [-0.2, -0.15) is 0 Å². The Bertz CT molecular complexity index is 592. The van der Waals surface area contributed by atoms with Crippen LogP contribution in [0.5, 0.6) is 0 Å². The van der Waals surface area contributed by atoms with Crippen LogP contribution >= 0.6 is 7.82 Å². The second kappa shape index (κ2) is 10.2. The summed E-state index contributed by atoms with van der Waals surface area (Å²) in [7, 11) is -4.31. The highest BCUT2D eigenvalue weighted by Gasteiger charge is 2.38. The zero-order valence-corrected chi connectivity index (χ0v) is 19.4. The number of aliphatic hydroxyl groups excluding tert-OH is 1. The summed E-state index contributed by atoms with van der Waals surface area (Å²) < 4.78 is 21.9. The quantitative estimate of drug-likeness (QED) is 0.279. The molecule has 2 atom stereocenters. The zero-order valence-electron chi connectivity index (χ0n) is 18.5. The van der Waals surface area contributed by atoms with Crippen LogP contribution in [-0.2, 0) is 23.2 Å². The molecule has 3 N–H and O–H groups in total. The zero-order chi connectivity index (χ0) is 22.4. The van der Waals surface area contributed by atoms with E-state index in [2.05, 4.69) is 10.5 Å². The van der Waals surface area contributed by atoms with E-state index < -0.39 is 36.5 Å². The molecule has 0 aliphatic carbocycles. The fraction of sp³-hybridized carbons (Fsp3) is 0.889. The molecule has 1 amide bonds. The van der Waals surface area contributed by atoms with Gasteiger partial charge < -0.3 is 20.2 Å². The van der Waals surface area contributed by atoms with Gasteiger partial charge >= 0.3 is 7.82 Å². The Morgan fingerprint density at radius 3 is 2.11 bits per heavy atom. The molecule has 0 aromatic carbocycles. The summed E-state index contributed by atoms with van der Waals surface area (Å²) in [6.07, 6.45) is -0.985. The second-order valence-electron chi connectivity index (χ2n) is 9.41. The van der Waals surface area contributed by atoms with Gasteiger partial charge in [-0.05, 0) is 48.5 Å². The second-order valence-corrected chi connectivity index (χ2v) is 10.8. The van der Waals surface area contributed by atoms with E-state index in [1.165, 1.54) is 0 Å². The maximum absolute atomic E-state index is 12.2. The normalized spacial score (nSPS) is 17.0. The number of phosphoric acid groups is 1. The molecule has 0 saturated carbocycles. The number of nitrogens with one attached hydrogen (secondary N) is 1. The van der Waals surface area contributed by atoms with Crippen LogP contribution in [0.1, 0.15) is 68.7 Å². The van der Waals surface area contributed by atoms with Gasteiger partial charge in [-0.25, -0.2) is 4.57 Å². The van der Waals surface area contributed by atoms with E-state index in [0.717, 1.165) is 0 Å². The summed E-state index contributed by atoms with van der Waals surface area (Å²) in [5.41, 5.74) is -1.68. The molecule has 0 rings (SSSR count). The molecule has 0 aliphatic heterocycles. The van der Waals surface area contributed by atoms with Gasteiger partial charge in [0.05, 0.1) is 17.9 Å². The van der Waals surface area contributed by atoms with Crippen molar-refractivity contribution < 1.29 is 33.2 Å². The van der Waals surface area contributed by atoms with Crippen LogP contribution < -0.4 is 5.32 Å². The lowest BCUT2D eigenvalue weighted by molar-refractivity contribution is -0.137. The molecule has 0 aromatic rings. The van der Waals surface area contributed by atoms with E-state index in [1.54, 1.807) is 41.5 Å². The monoisotopic (exact) mass is 424 g/mol. The van der Waals surface area contributed by atoms with Crippen LogP contribution in [-0.4, -0.2) is 52.1 Å². The van der Waals surface area contributed by atoms with E-state index in [4.69, 9.17) is 13.9 Å². The minimum atomic E-state index is -4.31. The Labute approximate surface area is 168 Å². The first kappa shape index (κ1) is 27.0. The number of hydrogen-bond donors (Lipinski definition) is 3. The summed E-state index contributed by atoms with van der Waals surface area (Å²) in [4.78, 5) is 27.2. The van der Waals surface area contributed by atoms with Crippen molar-refractivity contribution in [1.29, 1.82) is 0 Å². The minimum absolute atomic E-state index is 0.265. The number of phosphoric ester groups is 1. The lowest BCUT2D eigenvalue weighted by Gasteiger charge is -2.31. The molecule has 166 valence electrons. The molecule has 0 heterocycles. The Kier molecular flexibility index (Phi) is 9.80. The van der Waals surface area contributed by atoms with Gasteiger partial charge in [0.25, 0.3) is 0 Å². The number of nitrogens with zero attached hydrogens (tertiary/aromatic N) is 1. The van der Waals surface area contributed by atoms with Crippen LogP contribution in [0.2, 0.25) is 0 Å². The first-order valence-electron chi connectivity index (χ1n) is 9.20. The highest BCUT2D eigenvalue weighted by Crippen LogP contribution is 2.48. The molecule has 0 aliphatic rings. The molecular weight excluding hydrogens is 387 g/mol. The van der Waals surface area contributed by atoms with Crippen molar-refractivity contribution in [3.05, 3.63) is 0 Å². The summed E-state index contributed by atoms with van der Waals surface area (Å²) in [6, 6.07) is 0. The fourth-order valence-electron chi connectivity index (χ4n) is 1.78. The van der Waals surface area contributed by atoms with Crippen LogP contribution in [0.3, 0.4) is 0 Å².